The van der Waals surface area contributed by atoms with E-state index in [2.05, 4.69) is 0 Å². The van der Waals surface area contributed by atoms with Crippen molar-refractivity contribution in [2.75, 3.05) is 0 Å². The summed E-state index contributed by atoms with van der Waals surface area (Å²) in [7, 11) is 0. The first-order chi connectivity index (χ1) is 4.45. The van der Waals surface area contributed by atoms with Crippen molar-refractivity contribution < 1.29 is 10.2 Å². The molecule has 0 radical (unpaired) electrons. The third kappa shape index (κ3) is 1.70. The number of hydrogen-bond donors (Lipinski definition) is 2. The van der Waals surface area contributed by atoms with Crippen LogP contribution in [0.25, 0.3) is 0 Å². The molecule has 2 N–H and O–H groups in total. The molecule has 0 aliphatic rings. The second-order valence-electron chi connectivity index (χ2n) is 3.21. The van der Waals surface area contributed by atoms with E-state index < -0.39 is 12.2 Å². The average Bonchev–Trinajstić information content (AvgIpc) is 1.85. The van der Waals surface area contributed by atoms with Crippen molar-refractivity contribution >= 4 is 0 Å². The van der Waals surface area contributed by atoms with Crippen molar-refractivity contribution in [3.63, 3.8) is 0 Å². The summed E-state index contributed by atoms with van der Waals surface area (Å²) in [5.74, 6) is 0. The lowest BCUT2D eigenvalue weighted by Gasteiger charge is -2.34. The maximum atomic E-state index is 9.28. The van der Waals surface area contributed by atoms with Gasteiger partial charge in [0.25, 0.3) is 0 Å². The van der Waals surface area contributed by atoms with Crippen molar-refractivity contribution in [1.82, 2.24) is 0 Å². The minimum Gasteiger partial charge on any atom is -0.393 e. The molecule has 0 saturated heterocycles. The SMILES string of the molecule is CCC(C)(C(C)O)C(C)O. The summed E-state index contributed by atoms with van der Waals surface area (Å²) in [6.45, 7) is 7.30. The van der Waals surface area contributed by atoms with Crippen LogP contribution in [-0.2, 0) is 0 Å². The van der Waals surface area contributed by atoms with Crippen molar-refractivity contribution in [1.29, 1.82) is 0 Å². The molecule has 2 heteroatoms. The lowest BCUT2D eigenvalue weighted by molar-refractivity contribution is -0.0439. The Morgan fingerprint density at radius 2 is 1.50 bits per heavy atom. The topological polar surface area (TPSA) is 40.5 Å². The van der Waals surface area contributed by atoms with Gasteiger partial charge in [0.15, 0.2) is 0 Å². The van der Waals surface area contributed by atoms with E-state index in [1.54, 1.807) is 13.8 Å². The standard InChI is InChI=1S/C8H18O2/c1-5-8(4,6(2)9)7(3)10/h6-7,9-10H,5H2,1-4H3. The first-order valence-corrected chi connectivity index (χ1v) is 3.81. The van der Waals surface area contributed by atoms with Crippen molar-refractivity contribution in [2.45, 2.75) is 46.3 Å². The van der Waals surface area contributed by atoms with E-state index in [1.807, 2.05) is 13.8 Å². The summed E-state index contributed by atoms with van der Waals surface area (Å²) in [5, 5.41) is 18.6. The van der Waals surface area contributed by atoms with Gasteiger partial charge in [-0.2, -0.15) is 0 Å². The minimum atomic E-state index is -0.447. The number of rotatable bonds is 3. The van der Waals surface area contributed by atoms with E-state index in [-0.39, 0.29) is 5.41 Å². The second-order valence-corrected chi connectivity index (χ2v) is 3.21. The molecular formula is C8H18O2. The summed E-state index contributed by atoms with van der Waals surface area (Å²) < 4.78 is 0. The van der Waals surface area contributed by atoms with Gasteiger partial charge in [-0.25, -0.2) is 0 Å². The molecule has 0 heterocycles. The predicted molar refractivity (Wildman–Crippen MR) is 41.8 cm³/mol. The van der Waals surface area contributed by atoms with Crippen LogP contribution in [0, 0.1) is 5.41 Å². The first-order valence-electron chi connectivity index (χ1n) is 3.81. The molecule has 0 aromatic heterocycles. The van der Waals surface area contributed by atoms with Crippen LogP contribution >= 0.6 is 0 Å². The molecule has 0 aromatic carbocycles. The molecule has 0 rings (SSSR count). The zero-order valence-electron chi connectivity index (χ0n) is 7.26. The van der Waals surface area contributed by atoms with Gasteiger partial charge in [0.1, 0.15) is 0 Å². The van der Waals surface area contributed by atoms with Gasteiger partial charge in [0.2, 0.25) is 0 Å². The highest BCUT2D eigenvalue weighted by molar-refractivity contribution is 4.82. The Morgan fingerprint density at radius 1 is 1.20 bits per heavy atom. The van der Waals surface area contributed by atoms with Crippen molar-refractivity contribution in [2.24, 2.45) is 5.41 Å². The predicted octanol–water partition coefficient (Wildman–Crippen LogP) is 1.16. The van der Waals surface area contributed by atoms with Gasteiger partial charge < -0.3 is 10.2 Å². The van der Waals surface area contributed by atoms with Crippen LogP contribution in [0.5, 0.6) is 0 Å². The summed E-state index contributed by atoms with van der Waals surface area (Å²) >= 11 is 0. The molecule has 2 unspecified atom stereocenters. The Balaban J connectivity index is 4.23. The fourth-order valence-electron chi connectivity index (χ4n) is 0.940. The Labute approximate surface area is 62.9 Å². The van der Waals surface area contributed by atoms with Gasteiger partial charge >= 0.3 is 0 Å². The van der Waals surface area contributed by atoms with E-state index in [0.29, 0.717) is 0 Å². The van der Waals surface area contributed by atoms with Gasteiger partial charge in [0.05, 0.1) is 12.2 Å². The third-order valence-electron chi connectivity index (χ3n) is 2.67. The third-order valence-corrected chi connectivity index (χ3v) is 2.67. The Kier molecular flexibility index (Phi) is 3.33. The minimum absolute atomic E-state index is 0.347. The molecule has 0 aliphatic heterocycles. The Hall–Kier alpha value is -0.0800. The lowest BCUT2D eigenvalue weighted by Crippen LogP contribution is -2.39. The molecule has 0 amide bonds. The van der Waals surface area contributed by atoms with Crippen LogP contribution in [0.1, 0.15) is 34.1 Å². The second kappa shape index (κ2) is 3.35. The maximum Gasteiger partial charge on any atom is 0.0590 e. The fourth-order valence-corrected chi connectivity index (χ4v) is 0.940. The summed E-state index contributed by atoms with van der Waals surface area (Å²) in [4.78, 5) is 0. The van der Waals surface area contributed by atoms with E-state index in [0.717, 1.165) is 6.42 Å². The number of aliphatic hydroxyl groups is 2. The van der Waals surface area contributed by atoms with Crippen LogP contribution in [0.4, 0.5) is 0 Å². The molecule has 2 atom stereocenters. The Bertz CT molecular complexity index is 89.4. The van der Waals surface area contributed by atoms with Gasteiger partial charge in [-0.15, -0.1) is 0 Å². The largest absolute Gasteiger partial charge is 0.393 e. The quantitative estimate of drug-likeness (QED) is 0.627. The Morgan fingerprint density at radius 3 is 1.50 bits per heavy atom. The molecule has 0 aromatic rings. The number of hydrogen-bond acceptors (Lipinski definition) is 2. The number of aliphatic hydroxyl groups excluding tert-OH is 2. The van der Waals surface area contributed by atoms with E-state index in [9.17, 15) is 10.2 Å². The highest BCUT2D eigenvalue weighted by Crippen LogP contribution is 2.29. The molecule has 2 nitrogen and oxygen atoms in total. The zero-order valence-corrected chi connectivity index (χ0v) is 7.26. The average molecular weight is 146 g/mol. The summed E-state index contributed by atoms with van der Waals surface area (Å²) in [6.07, 6.45) is -0.0995. The summed E-state index contributed by atoms with van der Waals surface area (Å²) in [6, 6.07) is 0. The van der Waals surface area contributed by atoms with Crippen molar-refractivity contribution in [3.8, 4) is 0 Å². The van der Waals surface area contributed by atoms with Crippen LogP contribution in [0.15, 0.2) is 0 Å². The van der Waals surface area contributed by atoms with Crippen LogP contribution in [-0.4, -0.2) is 22.4 Å². The highest BCUT2D eigenvalue weighted by Gasteiger charge is 2.32. The zero-order chi connectivity index (χ0) is 8.36. The van der Waals surface area contributed by atoms with Crippen LogP contribution in [0.2, 0.25) is 0 Å². The summed E-state index contributed by atoms with van der Waals surface area (Å²) in [5.41, 5.74) is -0.347. The molecular weight excluding hydrogens is 128 g/mol. The van der Waals surface area contributed by atoms with Gasteiger partial charge in [-0.3, -0.25) is 0 Å². The van der Waals surface area contributed by atoms with E-state index in [4.69, 9.17) is 0 Å². The maximum absolute atomic E-state index is 9.28. The molecule has 62 valence electrons. The highest BCUT2D eigenvalue weighted by atomic mass is 16.3. The molecule has 0 bridgehead atoms. The molecule has 0 saturated carbocycles. The van der Waals surface area contributed by atoms with E-state index >= 15 is 0 Å². The molecule has 0 fully saturated rings. The van der Waals surface area contributed by atoms with Gasteiger partial charge in [-0.05, 0) is 20.3 Å². The van der Waals surface area contributed by atoms with E-state index in [1.165, 1.54) is 0 Å². The molecule has 10 heavy (non-hydrogen) atoms. The van der Waals surface area contributed by atoms with Gasteiger partial charge in [0, 0.05) is 5.41 Å². The molecule has 0 spiro atoms. The monoisotopic (exact) mass is 146 g/mol. The molecule has 0 aliphatic carbocycles. The van der Waals surface area contributed by atoms with Crippen LogP contribution < -0.4 is 0 Å². The fraction of sp³-hybridized carbons (Fsp3) is 1.00. The smallest absolute Gasteiger partial charge is 0.0590 e. The lowest BCUT2D eigenvalue weighted by atomic mass is 9.78. The normalized spacial score (nSPS) is 23.4. The van der Waals surface area contributed by atoms with Gasteiger partial charge in [-0.1, -0.05) is 13.8 Å². The first kappa shape index (κ1) is 9.92. The van der Waals surface area contributed by atoms with Crippen LogP contribution in [0.3, 0.4) is 0 Å². The van der Waals surface area contributed by atoms with Crippen molar-refractivity contribution in [3.05, 3.63) is 0 Å².